The maximum Gasteiger partial charge on any atom is 0.0366 e. The Morgan fingerprint density at radius 1 is 1.12 bits per heavy atom. The van der Waals surface area contributed by atoms with Gasteiger partial charge in [0, 0.05) is 20.8 Å². The van der Waals surface area contributed by atoms with Gasteiger partial charge in [-0.15, -0.1) is 11.8 Å². The minimum atomic E-state index is 0.846. The van der Waals surface area contributed by atoms with Gasteiger partial charge in [-0.05, 0) is 36.8 Å². The van der Waals surface area contributed by atoms with Gasteiger partial charge in [0.15, 0.2) is 0 Å². The van der Waals surface area contributed by atoms with Crippen molar-refractivity contribution >= 4 is 33.4 Å². The van der Waals surface area contributed by atoms with Crippen LogP contribution in [0.25, 0.3) is 0 Å². The number of nitrogens with two attached hydrogens (primary N) is 1. The number of thioether (sulfide) groups is 1. The van der Waals surface area contributed by atoms with Crippen molar-refractivity contribution in [3.63, 3.8) is 0 Å². The van der Waals surface area contributed by atoms with Gasteiger partial charge >= 0.3 is 0 Å². The average Bonchev–Trinajstić information content (AvgIpc) is 2.31. The molecular formula is C14H14BrNS. The zero-order chi connectivity index (χ0) is 12.3. The van der Waals surface area contributed by atoms with Crippen LogP contribution in [0.15, 0.2) is 51.8 Å². The molecule has 0 aromatic heterocycles. The number of hydrogen-bond donors (Lipinski definition) is 1. The topological polar surface area (TPSA) is 26.0 Å². The summed E-state index contributed by atoms with van der Waals surface area (Å²) >= 11 is 5.34. The Labute approximate surface area is 115 Å². The number of benzene rings is 2. The van der Waals surface area contributed by atoms with Gasteiger partial charge in [-0.2, -0.15) is 0 Å². The highest BCUT2D eigenvalue weighted by atomic mass is 79.9. The molecule has 0 heterocycles. The van der Waals surface area contributed by atoms with Gasteiger partial charge in [-0.3, -0.25) is 0 Å². The molecule has 0 fully saturated rings. The zero-order valence-electron chi connectivity index (χ0n) is 9.61. The normalized spacial score (nSPS) is 10.5. The van der Waals surface area contributed by atoms with Crippen molar-refractivity contribution in [2.45, 2.75) is 17.6 Å². The van der Waals surface area contributed by atoms with E-state index in [0.29, 0.717) is 0 Å². The van der Waals surface area contributed by atoms with Crippen LogP contribution in [0.2, 0.25) is 0 Å². The number of hydrogen-bond acceptors (Lipinski definition) is 2. The summed E-state index contributed by atoms with van der Waals surface area (Å²) in [7, 11) is 0. The van der Waals surface area contributed by atoms with Crippen LogP contribution < -0.4 is 5.73 Å². The first-order chi connectivity index (χ1) is 8.16. The van der Waals surface area contributed by atoms with Gasteiger partial charge in [0.2, 0.25) is 0 Å². The second-order valence-corrected chi connectivity index (χ2v) is 5.81. The molecule has 0 saturated carbocycles. The predicted octanol–water partition coefficient (Wildman–Crippen LogP) is 4.63. The minimum absolute atomic E-state index is 0.846. The molecule has 2 N–H and O–H groups in total. The van der Waals surface area contributed by atoms with Gasteiger partial charge in [0.05, 0.1) is 0 Å². The largest absolute Gasteiger partial charge is 0.398 e. The molecule has 0 bridgehead atoms. The van der Waals surface area contributed by atoms with Crippen LogP contribution in [0.1, 0.15) is 11.1 Å². The van der Waals surface area contributed by atoms with Crippen LogP contribution in [-0.2, 0) is 5.75 Å². The lowest BCUT2D eigenvalue weighted by Gasteiger charge is -2.08. The Kier molecular flexibility index (Phi) is 4.13. The van der Waals surface area contributed by atoms with E-state index in [1.807, 2.05) is 18.2 Å². The van der Waals surface area contributed by atoms with Gasteiger partial charge in [0.25, 0.3) is 0 Å². The van der Waals surface area contributed by atoms with Crippen molar-refractivity contribution < 1.29 is 0 Å². The van der Waals surface area contributed by atoms with Crippen LogP contribution in [0.5, 0.6) is 0 Å². The smallest absolute Gasteiger partial charge is 0.0366 e. The summed E-state index contributed by atoms with van der Waals surface area (Å²) in [6, 6.07) is 14.5. The van der Waals surface area contributed by atoms with Crippen molar-refractivity contribution in [2.75, 3.05) is 5.73 Å². The average molecular weight is 308 g/mol. The van der Waals surface area contributed by atoms with Crippen LogP contribution in [0.4, 0.5) is 5.69 Å². The van der Waals surface area contributed by atoms with Crippen molar-refractivity contribution in [1.82, 2.24) is 0 Å². The highest BCUT2D eigenvalue weighted by Gasteiger charge is 2.04. The van der Waals surface area contributed by atoms with Crippen molar-refractivity contribution in [1.29, 1.82) is 0 Å². The lowest BCUT2D eigenvalue weighted by molar-refractivity contribution is 1.34. The Balaban J connectivity index is 2.10. The molecule has 17 heavy (non-hydrogen) atoms. The quantitative estimate of drug-likeness (QED) is 0.661. The molecule has 0 atom stereocenters. The molecule has 2 rings (SSSR count). The van der Waals surface area contributed by atoms with E-state index in [4.69, 9.17) is 5.73 Å². The minimum Gasteiger partial charge on any atom is -0.398 e. The van der Waals surface area contributed by atoms with Crippen LogP contribution in [-0.4, -0.2) is 0 Å². The molecule has 1 nitrogen and oxygen atoms in total. The van der Waals surface area contributed by atoms with Crippen LogP contribution >= 0.6 is 27.7 Å². The summed E-state index contributed by atoms with van der Waals surface area (Å²) in [6.45, 7) is 2.10. The summed E-state index contributed by atoms with van der Waals surface area (Å²) in [6.07, 6.45) is 0. The van der Waals surface area contributed by atoms with E-state index in [1.54, 1.807) is 11.8 Å². The fourth-order valence-electron chi connectivity index (χ4n) is 1.52. The summed E-state index contributed by atoms with van der Waals surface area (Å²) < 4.78 is 1.08. The standard InChI is InChI=1S/C14H14BrNS/c1-10-5-7-11(8-6-10)17-9-12-13(15)3-2-4-14(12)16/h2-8H,9,16H2,1H3. The Bertz CT molecular complexity index is 488. The number of anilines is 1. The molecule has 0 amide bonds. The molecule has 0 radical (unpaired) electrons. The van der Waals surface area contributed by atoms with Crippen molar-refractivity contribution in [3.8, 4) is 0 Å². The monoisotopic (exact) mass is 307 g/mol. The molecule has 3 heteroatoms. The molecule has 0 unspecified atom stereocenters. The first kappa shape index (κ1) is 12.5. The Hall–Kier alpha value is -0.930. The van der Waals surface area contributed by atoms with E-state index >= 15 is 0 Å². The summed E-state index contributed by atoms with van der Waals surface area (Å²) in [5.41, 5.74) is 9.26. The number of nitrogen functional groups attached to an aromatic ring is 1. The van der Waals surface area contributed by atoms with Gasteiger partial charge in [-0.25, -0.2) is 0 Å². The van der Waals surface area contributed by atoms with E-state index < -0.39 is 0 Å². The third-order valence-corrected chi connectivity index (χ3v) is 4.34. The first-order valence-electron chi connectivity index (χ1n) is 5.39. The molecule has 88 valence electrons. The van der Waals surface area contributed by atoms with Crippen molar-refractivity contribution in [2.24, 2.45) is 0 Å². The van der Waals surface area contributed by atoms with Gasteiger partial charge < -0.3 is 5.73 Å². The highest BCUT2D eigenvalue weighted by Crippen LogP contribution is 2.30. The van der Waals surface area contributed by atoms with Gasteiger partial charge in [-0.1, -0.05) is 39.7 Å². The summed E-state index contributed by atoms with van der Waals surface area (Å²) in [5, 5.41) is 0. The van der Waals surface area contributed by atoms with E-state index in [0.717, 1.165) is 21.5 Å². The number of halogens is 1. The summed E-state index contributed by atoms with van der Waals surface area (Å²) in [5.74, 6) is 0.885. The van der Waals surface area contributed by atoms with E-state index in [-0.39, 0.29) is 0 Å². The lowest BCUT2D eigenvalue weighted by Crippen LogP contribution is -1.93. The second-order valence-electron chi connectivity index (χ2n) is 3.91. The molecule has 0 aliphatic rings. The van der Waals surface area contributed by atoms with Crippen LogP contribution in [0.3, 0.4) is 0 Å². The van der Waals surface area contributed by atoms with Crippen LogP contribution in [0, 0.1) is 6.92 Å². The SMILES string of the molecule is Cc1ccc(SCc2c(N)cccc2Br)cc1. The first-order valence-corrected chi connectivity index (χ1v) is 7.17. The van der Waals surface area contributed by atoms with E-state index in [2.05, 4.69) is 47.1 Å². The van der Waals surface area contributed by atoms with E-state index in [9.17, 15) is 0 Å². The van der Waals surface area contributed by atoms with E-state index in [1.165, 1.54) is 10.5 Å². The second kappa shape index (κ2) is 5.61. The highest BCUT2D eigenvalue weighted by molar-refractivity contribution is 9.10. The molecular weight excluding hydrogens is 294 g/mol. The number of rotatable bonds is 3. The maximum absolute atomic E-state index is 5.97. The third kappa shape index (κ3) is 3.27. The molecule has 2 aromatic carbocycles. The molecule has 0 aliphatic heterocycles. The summed E-state index contributed by atoms with van der Waals surface area (Å²) in [4.78, 5) is 1.27. The number of aryl methyl sites for hydroxylation is 1. The van der Waals surface area contributed by atoms with Crippen molar-refractivity contribution in [3.05, 3.63) is 58.1 Å². The Morgan fingerprint density at radius 2 is 1.82 bits per heavy atom. The lowest BCUT2D eigenvalue weighted by atomic mass is 10.2. The zero-order valence-corrected chi connectivity index (χ0v) is 12.0. The fourth-order valence-corrected chi connectivity index (χ4v) is 3.19. The molecule has 2 aromatic rings. The Morgan fingerprint density at radius 3 is 2.47 bits per heavy atom. The molecule has 0 saturated heterocycles. The fraction of sp³-hybridized carbons (Fsp3) is 0.143. The predicted molar refractivity (Wildman–Crippen MR) is 79.3 cm³/mol. The molecule has 0 aliphatic carbocycles. The van der Waals surface area contributed by atoms with Gasteiger partial charge in [0.1, 0.15) is 0 Å². The molecule has 0 spiro atoms. The third-order valence-electron chi connectivity index (χ3n) is 2.56. The maximum atomic E-state index is 5.97.